The second-order valence-electron chi connectivity index (χ2n) is 4.57. The quantitative estimate of drug-likeness (QED) is 0.815. The monoisotopic (exact) mass is 300 g/mol. The molecule has 1 aromatic rings. The first kappa shape index (κ1) is 16.1. The van der Waals surface area contributed by atoms with Gasteiger partial charge in [0.1, 0.15) is 4.99 Å². The molecule has 2 N–H and O–H groups in total. The summed E-state index contributed by atoms with van der Waals surface area (Å²) in [5.74, 6) is -0.0769. The summed E-state index contributed by atoms with van der Waals surface area (Å²) in [6.45, 7) is 6.01. The summed E-state index contributed by atoms with van der Waals surface area (Å²) in [7, 11) is -3.36. The van der Waals surface area contributed by atoms with Crippen LogP contribution < -0.4 is 5.73 Å². The van der Waals surface area contributed by atoms with Crippen LogP contribution >= 0.6 is 12.2 Å². The molecule has 4 nitrogen and oxygen atoms in total. The van der Waals surface area contributed by atoms with Crippen molar-refractivity contribution in [2.24, 2.45) is 5.73 Å². The van der Waals surface area contributed by atoms with Gasteiger partial charge >= 0.3 is 0 Å². The Kier molecular flexibility index (Phi) is 5.46. The molecule has 0 amide bonds. The molecule has 0 heterocycles. The lowest BCUT2D eigenvalue weighted by molar-refractivity contribution is 0.368. The summed E-state index contributed by atoms with van der Waals surface area (Å²) in [6, 6.07) is 7.02. The van der Waals surface area contributed by atoms with Crippen LogP contribution in [0.25, 0.3) is 0 Å². The normalized spacial score (nSPS) is 12.1. The Hall–Kier alpha value is -0.980. The van der Waals surface area contributed by atoms with Crippen molar-refractivity contribution in [2.75, 3.05) is 6.54 Å². The van der Waals surface area contributed by atoms with Crippen molar-refractivity contribution in [1.82, 2.24) is 4.31 Å². The van der Waals surface area contributed by atoms with E-state index in [0.717, 1.165) is 0 Å². The maximum Gasteiger partial charge on any atom is 0.218 e. The van der Waals surface area contributed by atoms with Crippen LogP contribution in [-0.4, -0.2) is 30.3 Å². The zero-order valence-electron chi connectivity index (χ0n) is 11.5. The number of rotatable bonds is 6. The fourth-order valence-electron chi connectivity index (χ4n) is 2.05. The van der Waals surface area contributed by atoms with Crippen LogP contribution in [0, 0.1) is 0 Å². The van der Waals surface area contributed by atoms with E-state index in [1.165, 1.54) is 4.31 Å². The maximum atomic E-state index is 12.4. The van der Waals surface area contributed by atoms with Crippen molar-refractivity contribution in [1.29, 1.82) is 0 Å². The zero-order chi connectivity index (χ0) is 14.6. The summed E-state index contributed by atoms with van der Waals surface area (Å²) in [4.78, 5) is 0.221. The van der Waals surface area contributed by atoms with Gasteiger partial charge in [-0.1, -0.05) is 43.4 Å². The fourth-order valence-corrected chi connectivity index (χ4v) is 4.09. The first-order valence-corrected chi connectivity index (χ1v) is 8.18. The van der Waals surface area contributed by atoms with Crippen LogP contribution in [0.2, 0.25) is 0 Å². The molecule has 0 saturated heterocycles. The minimum absolute atomic E-state index is 0.0630. The molecule has 106 valence electrons. The Balaban J connectivity index is 3.12. The minimum Gasteiger partial charge on any atom is -0.389 e. The minimum atomic E-state index is -3.36. The van der Waals surface area contributed by atoms with Gasteiger partial charge in [0.25, 0.3) is 0 Å². The van der Waals surface area contributed by atoms with Crippen LogP contribution in [0.3, 0.4) is 0 Å². The molecule has 0 bridgehead atoms. The van der Waals surface area contributed by atoms with E-state index >= 15 is 0 Å². The molecule has 6 heteroatoms. The van der Waals surface area contributed by atoms with Crippen molar-refractivity contribution in [3.63, 3.8) is 0 Å². The van der Waals surface area contributed by atoms with Crippen molar-refractivity contribution in [2.45, 2.75) is 32.6 Å². The van der Waals surface area contributed by atoms with E-state index in [9.17, 15) is 8.42 Å². The summed E-state index contributed by atoms with van der Waals surface area (Å²) < 4.78 is 26.3. The highest BCUT2D eigenvalue weighted by Gasteiger charge is 2.24. The number of hydrogen-bond donors (Lipinski definition) is 1. The Bertz CT molecular complexity index is 554. The molecule has 0 radical (unpaired) electrons. The number of nitrogens with zero attached hydrogens (tertiary/aromatic N) is 1. The summed E-state index contributed by atoms with van der Waals surface area (Å²) in [6.07, 6.45) is 0. The molecule has 19 heavy (non-hydrogen) atoms. The lowest BCUT2D eigenvalue weighted by atomic mass is 10.1. The van der Waals surface area contributed by atoms with E-state index in [1.54, 1.807) is 24.3 Å². The van der Waals surface area contributed by atoms with Gasteiger partial charge in [-0.2, -0.15) is 4.31 Å². The largest absolute Gasteiger partial charge is 0.389 e. The Morgan fingerprint density at radius 3 is 2.42 bits per heavy atom. The number of thiocarbonyl (C=S) groups is 1. The molecule has 0 fully saturated rings. The van der Waals surface area contributed by atoms with E-state index in [-0.39, 0.29) is 16.8 Å². The average Bonchev–Trinajstić information content (AvgIpc) is 2.28. The Morgan fingerprint density at radius 1 is 1.37 bits per heavy atom. The highest BCUT2D eigenvalue weighted by Crippen LogP contribution is 2.17. The number of nitrogens with two attached hydrogens (primary N) is 1. The molecular weight excluding hydrogens is 280 g/mol. The summed E-state index contributed by atoms with van der Waals surface area (Å²) >= 11 is 4.95. The van der Waals surface area contributed by atoms with Gasteiger partial charge in [0.15, 0.2) is 0 Å². The predicted molar refractivity (Wildman–Crippen MR) is 82.5 cm³/mol. The third-order valence-corrected chi connectivity index (χ3v) is 5.16. The van der Waals surface area contributed by atoms with Gasteiger partial charge in [-0.25, -0.2) is 8.42 Å². The van der Waals surface area contributed by atoms with Crippen LogP contribution in [0.5, 0.6) is 0 Å². The molecule has 1 rings (SSSR count). The fraction of sp³-hybridized carbons (Fsp3) is 0.462. The van der Waals surface area contributed by atoms with Crippen molar-refractivity contribution in [3.05, 3.63) is 35.4 Å². The first-order valence-electron chi connectivity index (χ1n) is 6.16. The number of hydrogen-bond acceptors (Lipinski definition) is 3. The van der Waals surface area contributed by atoms with Gasteiger partial charge in [-0.15, -0.1) is 0 Å². The number of benzene rings is 1. The molecule has 0 saturated carbocycles. The average molecular weight is 300 g/mol. The van der Waals surface area contributed by atoms with E-state index in [4.69, 9.17) is 18.0 Å². The topological polar surface area (TPSA) is 63.4 Å². The molecule has 0 aromatic heterocycles. The van der Waals surface area contributed by atoms with E-state index in [0.29, 0.717) is 17.7 Å². The van der Waals surface area contributed by atoms with E-state index in [1.807, 2.05) is 20.8 Å². The number of sulfonamides is 1. The van der Waals surface area contributed by atoms with Gasteiger partial charge in [0.05, 0.1) is 5.75 Å². The molecule has 0 aliphatic heterocycles. The third kappa shape index (κ3) is 3.99. The predicted octanol–water partition coefficient (Wildman–Crippen LogP) is 1.88. The van der Waals surface area contributed by atoms with Gasteiger partial charge in [0.2, 0.25) is 10.0 Å². The van der Waals surface area contributed by atoms with E-state index < -0.39 is 10.0 Å². The standard InChI is InChI=1S/C13H20N2O2S2/c1-4-15(10(2)3)19(16,17)9-11-7-5-6-8-12(11)13(14)18/h5-8,10H,4,9H2,1-3H3,(H2,14,18). The van der Waals surface area contributed by atoms with Gasteiger partial charge in [-0.3, -0.25) is 0 Å². The second-order valence-corrected chi connectivity index (χ2v) is 6.94. The second kappa shape index (κ2) is 6.45. The Labute approximate surface area is 120 Å². The summed E-state index contributed by atoms with van der Waals surface area (Å²) in [5.41, 5.74) is 6.90. The van der Waals surface area contributed by atoms with Crippen molar-refractivity contribution < 1.29 is 8.42 Å². The molecule has 1 aromatic carbocycles. The molecule has 0 atom stereocenters. The first-order chi connectivity index (χ1) is 8.79. The highest BCUT2D eigenvalue weighted by molar-refractivity contribution is 7.88. The van der Waals surface area contributed by atoms with Crippen LogP contribution in [0.15, 0.2) is 24.3 Å². The lowest BCUT2D eigenvalue weighted by Crippen LogP contribution is -2.37. The van der Waals surface area contributed by atoms with Crippen molar-refractivity contribution >= 4 is 27.2 Å². The molecular formula is C13H20N2O2S2. The van der Waals surface area contributed by atoms with E-state index in [2.05, 4.69) is 0 Å². The zero-order valence-corrected chi connectivity index (χ0v) is 13.1. The Morgan fingerprint density at radius 2 is 1.95 bits per heavy atom. The molecule has 0 aliphatic rings. The van der Waals surface area contributed by atoms with Gasteiger partial charge in [-0.05, 0) is 19.4 Å². The molecule has 0 aliphatic carbocycles. The smallest absolute Gasteiger partial charge is 0.218 e. The third-order valence-electron chi connectivity index (χ3n) is 2.87. The van der Waals surface area contributed by atoms with Gasteiger partial charge in [0, 0.05) is 18.2 Å². The SMILES string of the molecule is CCN(C(C)C)S(=O)(=O)Cc1ccccc1C(N)=S. The van der Waals surface area contributed by atoms with Crippen molar-refractivity contribution in [3.8, 4) is 0 Å². The highest BCUT2D eigenvalue weighted by atomic mass is 32.2. The lowest BCUT2D eigenvalue weighted by Gasteiger charge is -2.24. The van der Waals surface area contributed by atoms with Crippen LogP contribution in [0.4, 0.5) is 0 Å². The maximum absolute atomic E-state index is 12.4. The summed E-state index contributed by atoms with van der Waals surface area (Å²) in [5, 5.41) is 0. The molecule has 0 unspecified atom stereocenters. The van der Waals surface area contributed by atoms with Crippen LogP contribution in [-0.2, 0) is 15.8 Å². The van der Waals surface area contributed by atoms with Gasteiger partial charge < -0.3 is 5.73 Å². The van der Waals surface area contributed by atoms with Crippen LogP contribution in [0.1, 0.15) is 31.9 Å². The molecule has 0 spiro atoms.